The number of thioether (sulfide) groups is 1. The van der Waals surface area contributed by atoms with Crippen molar-refractivity contribution in [3.63, 3.8) is 0 Å². The van der Waals surface area contributed by atoms with E-state index in [-0.39, 0.29) is 5.56 Å². The first-order valence-electron chi connectivity index (χ1n) is 6.41. The number of benzene rings is 1. The maximum atomic E-state index is 13.8. The normalized spacial score (nSPS) is 35.5. The van der Waals surface area contributed by atoms with E-state index >= 15 is 0 Å². The van der Waals surface area contributed by atoms with Gasteiger partial charge < -0.3 is 5.11 Å². The van der Waals surface area contributed by atoms with Crippen LogP contribution in [0, 0.1) is 11.6 Å². The average molecular weight is 270 g/mol. The number of hydrogen-bond acceptors (Lipinski definition) is 2. The van der Waals surface area contributed by atoms with Gasteiger partial charge in [0, 0.05) is 10.5 Å². The fraction of sp³-hybridized carbons (Fsp3) is 0.571. The predicted molar refractivity (Wildman–Crippen MR) is 68.5 cm³/mol. The van der Waals surface area contributed by atoms with Gasteiger partial charge in [0.1, 0.15) is 11.6 Å². The molecule has 0 saturated carbocycles. The number of hydrogen-bond donors (Lipinski definition) is 1. The van der Waals surface area contributed by atoms with Crippen molar-refractivity contribution in [3.05, 3.63) is 35.4 Å². The van der Waals surface area contributed by atoms with Gasteiger partial charge in [-0.2, -0.15) is 11.8 Å². The molecule has 1 aromatic rings. The van der Waals surface area contributed by atoms with Crippen molar-refractivity contribution in [2.24, 2.45) is 0 Å². The molecule has 0 spiro atoms. The molecule has 3 rings (SSSR count). The minimum absolute atomic E-state index is 0.123. The zero-order chi connectivity index (χ0) is 12.8. The molecular formula is C14H16F2OS. The van der Waals surface area contributed by atoms with Crippen molar-refractivity contribution in [3.8, 4) is 0 Å². The summed E-state index contributed by atoms with van der Waals surface area (Å²) in [4.78, 5) is 0. The Morgan fingerprint density at radius 1 is 1.11 bits per heavy atom. The van der Waals surface area contributed by atoms with Gasteiger partial charge in [-0.1, -0.05) is 12.5 Å². The number of halogens is 2. The molecule has 2 fully saturated rings. The fourth-order valence-electron chi connectivity index (χ4n) is 3.26. The Bertz CT molecular complexity index is 431. The molecule has 2 bridgehead atoms. The van der Waals surface area contributed by atoms with Crippen LogP contribution in [-0.4, -0.2) is 15.6 Å². The van der Waals surface area contributed by atoms with Gasteiger partial charge in [0.2, 0.25) is 0 Å². The molecule has 0 radical (unpaired) electrons. The standard InChI is InChI=1S/C14H16F2OS/c15-11-5-2-6-12(16)13(11)14(17)7-9-3-1-4-10(8-14)18-9/h2,5-6,9-10,17H,1,3-4,7-8H2. The van der Waals surface area contributed by atoms with Crippen molar-refractivity contribution in [1.82, 2.24) is 0 Å². The van der Waals surface area contributed by atoms with Gasteiger partial charge in [-0.05, 0) is 37.8 Å². The van der Waals surface area contributed by atoms with Gasteiger partial charge in [-0.3, -0.25) is 0 Å². The third-order valence-electron chi connectivity index (χ3n) is 4.00. The number of fused-ring (bicyclic) bond motifs is 2. The van der Waals surface area contributed by atoms with Crippen molar-refractivity contribution < 1.29 is 13.9 Å². The van der Waals surface area contributed by atoms with E-state index in [2.05, 4.69) is 0 Å². The summed E-state index contributed by atoms with van der Waals surface area (Å²) in [6.07, 6.45) is 4.18. The minimum Gasteiger partial charge on any atom is -0.385 e. The largest absolute Gasteiger partial charge is 0.385 e. The second-order valence-electron chi connectivity index (χ2n) is 5.35. The van der Waals surface area contributed by atoms with Crippen LogP contribution < -0.4 is 0 Å². The average Bonchev–Trinajstić information content (AvgIpc) is 2.27. The van der Waals surface area contributed by atoms with Crippen LogP contribution in [0.5, 0.6) is 0 Å². The van der Waals surface area contributed by atoms with Crippen LogP contribution in [0.2, 0.25) is 0 Å². The SMILES string of the molecule is OC1(c2c(F)cccc2F)CC2CCCC(C1)S2. The lowest BCUT2D eigenvalue weighted by Gasteiger charge is -2.44. The molecule has 0 aromatic heterocycles. The number of aliphatic hydroxyl groups is 1. The Balaban J connectivity index is 1.99. The van der Waals surface area contributed by atoms with E-state index in [9.17, 15) is 13.9 Å². The van der Waals surface area contributed by atoms with E-state index in [4.69, 9.17) is 0 Å². The first-order valence-corrected chi connectivity index (χ1v) is 7.35. The lowest BCUT2D eigenvalue weighted by Crippen LogP contribution is -2.41. The summed E-state index contributed by atoms with van der Waals surface area (Å²) in [6.45, 7) is 0. The molecule has 2 aliphatic heterocycles. The summed E-state index contributed by atoms with van der Waals surface area (Å²) in [7, 11) is 0. The highest BCUT2D eigenvalue weighted by molar-refractivity contribution is 8.00. The van der Waals surface area contributed by atoms with Crippen LogP contribution in [0.4, 0.5) is 8.78 Å². The van der Waals surface area contributed by atoms with Gasteiger partial charge in [0.15, 0.2) is 0 Å². The Morgan fingerprint density at radius 2 is 1.67 bits per heavy atom. The highest BCUT2D eigenvalue weighted by Crippen LogP contribution is 2.50. The topological polar surface area (TPSA) is 20.2 Å². The van der Waals surface area contributed by atoms with Crippen molar-refractivity contribution >= 4 is 11.8 Å². The molecule has 2 heterocycles. The summed E-state index contributed by atoms with van der Waals surface area (Å²) < 4.78 is 27.7. The third kappa shape index (κ3) is 2.05. The summed E-state index contributed by atoms with van der Waals surface area (Å²) in [5.74, 6) is -1.25. The molecule has 0 aliphatic carbocycles. The quantitative estimate of drug-likeness (QED) is 0.841. The van der Waals surface area contributed by atoms with Crippen LogP contribution in [-0.2, 0) is 5.60 Å². The summed E-state index contributed by atoms with van der Waals surface area (Å²) >= 11 is 1.88. The Labute approximate surface area is 110 Å². The predicted octanol–water partition coefficient (Wildman–Crippen LogP) is 3.60. The second kappa shape index (κ2) is 4.49. The second-order valence-corrected chi connectivity index (χ2v) is 6.95. The molecule has 2 aliphatic rings. The van der Waals surface area contributed by atoms with Crippen LogP contribution in [0.1, 0.15) is 37.7 Å². The summed E-state index contributed by atoms with van der Waals surface area (Å²) in [5.41, 5.74) is -1.45. The molecule has 0 amide bonds. The molecule has 18 heavy (non-hydrogen) atoms. The van der Waals surface area contributed by atoms with E-state index in [1.54, 1.807) is 0 Å². The molecule has 98 valence electrons. The van der Waals surface area contributed by atoms with Gasteiger partial charge in [-0.15, -0.1) is 0 Å². The van der Waals surface area contributed by atoms with E-state index in [0.29, 0.717) is 23.3 Å². The lowest BCUT2D eigenvalue weighted by atomic mass is 9.80. The van der Waals surface area contributed by atoms with E-state index in [1.165, 1.54) is 18.2 Å². The first kappa shape index (κ1) is 12.4. The molecule has 2 atom stereocenters. The third-order valence-corrected chi connectivity index (χ3v) is 5.57. The lowest BCUT2D eigenvalue weighted by molar-refractivity contribution is 0.00156. The molecule has 4 heteroatoms. The molecule has 2 unspecified atom stereocenters. The Kier molecular flexibility index (Phi) is 3.10. The first-order chi connectivity index (χ1) is 8.58. The molecule has 1 nitrogen and oxygen atoms in total. The van der Waals surface area contributed by atoms with Crippen LogP contribution in [0.3, 0.4) is 0 Å². The van der Waals surface area contributed by atoms with Gasteiger partial charge in [-0.25, -0.2) is 8.78 Å². The van der Waals surface area contributed by atoms with E-state index in [1.807, 2.05) is 11.8 Å². The monoisotopic (exact) mass is 270 g/mol. The molecule has 2 saturated heterocycles. The highest BCUT2D eigenvalue weighted by Gasteiger charge is 2.45. The smallest absolute Gasteiger partial charge is 0.132 e. The van der Waals surface area contributed by atoms with Gasteiger partial charge in [0.05, 0.1) is 11.2 Å². The number of rotatable bonds is 1. The molecule has 1 aromatic carbocycles. The fourth-order valence-corrected chi connectivity index (χ4v) is 5.16. The highest BCUT2D eigenvalue weighted by atomic mass is 32.2. The van der Waals surface area contributed by atoms with Crippen molar-refractivity contribution in [2.45, 2.75) is 48.2 Å². The molecular weight excluding hydrogens is 254 g/mol. The van der Waals surface area contributed by atoms with Crippen LogP contribution >= 0.6 is 11.8 Å². The van der Waals surface area contributed by atoms with E-state index < -0.39 is 17.2 Å². The Hall–Kier alpha value is -0.610. The van der Waals surface area contributed by atoms with E-state index in [0.717, 1.165) is 19.3 Å². The zero-order valence-electron chi connectivity index (χ0n) is 10.0. The van der Waals surface area contributed by atoms with Crippen molar-refractivity contribution in [2.75, 3.05) is 0 Å². The maximum absolute atomic E-state index is 13.8. The van der Waals surface area contributed by atoms with Crippen molar-refractivity contribution in [1.29, 1.82) is 0 Å². The van der Waals surface area contributed by atoms with Gasteiger partial charge in [0.25, 0.3) is 0 Å². The van der Waals surface area contributed by atoms with Crippen LogP contribution in [0.25, 0.3) is 0 Å². The maximum Gasteiger partial charge on any atom is 0.132 e. The summed E-state index contributed by atoms with van der Waals surface area (Å²) in [5, 5.41) is 11.4. The van der Waals surface area contributed by atoms with Gasteiger partial charge >= 0.3 is 0 Å². The Morgan fingerprint density at radius 3 is 2.22 bits per heavy atom. The summed E-state index contributed by atoms with van der Waals surface area (Å²) in [6, 6.07) is 3.80. The minimum atomic E-state index is -1.32. The van der Waals surface area contributed by atoms with Crippen LogP contribution in [0.15, 0.2) is 18.2 Å². The molecule has 1 N–H and O–H groups in total. The zero-order valence-corrected chi connectivity index (χ0v) is 10.9.